The predicted octanol–water partition coefficient (Wildman–Crippen LogP) is 1.12. The average molecular weight is 509 g/mol. The number of amides is 4. The number of nitrogens with two attached hydrogens (primary N) is 1. The van der Waals surface area contributed by atoms with Gasteiger partial charge in [0.2, 0.25) is 17.7 Å². The number of carbonyl (C=O) groups excluding carboxylic acids is 5. The number of ether oxygens (including phenoxy) is 2. The number of phenols is 1. The monoisotopic (exact) mass is 508 g/mol. The van der Waals surface area contributed by atoms with Crippen LogP contribution in [0.5, 0.6) is 5.75 Å². The Kier molecular flexibility index (Phi) is 11.7. The summed E-state index contributed by atoms with van der Waals surface area (Å²) in [6.45, 7) is 6.38. The van der Waals surface area contributed by atoms with Gasteiger partial charge in [0.1, 0.15) is 30.0 Å². The highest BCUT2D eigenvalue weighted by molar-refractivity contribution is 5.95. The molecule has 2 unspecified atom stereocenters. The Morgan fingerprint density at radius 1 is 1.17 bits per heavy atom. The Bertz CT molecular complexity index is 944. The topological polar surface area (TPSA) is 177 Å². The highest BCUT2D eigenvalue weighted by Gasteiger charge is 2.37. The van der Waals surface area contributed by atoms with Crippen LogP contribution in [0.3, 0.4) is 0 Å². The molecule has 0 fully saturated rings. The van der Waals surface area contributed by atoms with Gasteiger partial charge in [0.25, 0.3) is 0 Å². The van der Waals surface area contributed by atoms with Gasteiger partial charge in [-0.05, 0) is 44.9 Å². The van der Waals surface area contributed by atoms with Crippen LogP contribution >= 0.6 is 0 Å². The van der Waals surface area contributed by atoms with Crippen molar-refractivity contribution in [2.75, 3.05) is 20.2 Å². The lowest BCUT2D eigenvalue weighted by Crippen LogP contribution is -2.54. The van der Waals surface area contributed by atoms with Crippen molar-refractivity contribution in [1.29, 1.82) is 0 Å². The quantitative estimate of drug-likeness (QED) is 0.303. The number of hydrogen-bond acceptors (Lipinski definition) is 8. The smallest absolute Gasteiger partial charge is 0.408 e. The highest BCUT2D eigenvalue weighted by atomic mass is 16.6. The van der Waals surface area contributed by atoms with Crippen LogP contribution in [0.25, 0.3) is 0 Å². The van der Waals surface area contributed by atoms with E-state index < -0.39 is 60.4 Å². The molecule has 0 spiro atoms. The fraction of sp³-hybridized carbons (Fsp3) is 0.542. The minimum absolute atomic E-state index is 0.0621. The normalized spacial score (nSPS) is 12.6. The molecule has 0 aliphatic carbocycles. The minimum Gasteiger partial charge on any atom is -0.508 e. The Balaban J connectivity index is 3.46. The number of phenolic OH excluding ortho intramolecular Hbond substituents is 1. The molecule has 1 aromatic carbocycles. The number of hydrogen-bond donors (Lipinski definition) is 4. The maximum Gasteiger partial charge on any atom is 0.408 e. The van der Waals surface area contributed by atoms with Gasteiger partial charge in [-0.2, -0.15) is 0 Å². The van der Waals surface area contributed by atoms with Crippen molar-refractivity contribution in [3.63, 3.8) is 0 Å². The lowest BCUT2D eigenvalue weighted by Gasteiger charge is -2.34. The SMILES string of the molecule is CCCCN(C(=O)C(CC(N)=O)NC(=O)OC(C)(C)C)C(C(=O)NCC(=O)OC)c1cccc(O)c1. The standard InChI is InChI=1S/C24H36N4O8/c1-6-7-11-28(22(33)17(13-18(25)30)27-23(34)36-24(2,3)4)20(15-9-8-10-16(29)12-15)21(32)26-14-19(31)35-5/h8-10,12,17,20,29H,6-7,11,13-14H2,1-5H3,(H2,25,30)(H,26,32)(H,27,34). The zero-order valence-corrected chi connectivity index (χ0v) is 21.3. The van der Waals surface area contributed by atoms with Crippen LogP contribution in [-0.4, -0.2) is 71.6 Å². The number of alkyl carbamates (subject to hydrolysis) is 1. The van der Waals surface area contributed by atoms with Crippen LogP contribution < -0.4 is 16.4 Å². The molecule has 12 nitrogen and oxygen atoms in total. The van der Waals surface area contributed by atoms with Gasteiger partial charge >= 0.3 is 12.1 Å². The number of nitrogens with zero attached hydrogens (tertiary/aromatic N) is 1. The first-order chi connectivity index (χ1) is 16.8. The van der Waals surface area contributed by atoms with Crippen molar-refractivity contribution < 1.29 is 38.6 Å². The third-order valence-corrected chi connectivity index (χ3v) is 4.81. The van der Waals surface area contributed by atoms with E-state index in [1.54, 1.807) is 20.8 Å². The molecule has 0 aliphatic rings. The molecular weight excluding hydrogens is 472 g/mol. The molecule has 0 heterocycles. The molecule has 0 bridgehead atoms. The summed E-state index contributed by atoms with van der Waals surface area (Å²) in [6.07, 6.45) is -0.361. The number of benzene rings is 1. The number of primary amides is 1. The Morgan fingerprint density at radius 2 is 1.83 bits per heavy atom. The third kappa shape index (κ3) is 10.2. The third-order valence-electron chi connectivity index (χ3n) is 4.81. The molecule has 0 saturated carbocycles. The molecule has 36 heavy (non-hydrogen) atoms. The van der Waals surface area contributed by atoms with E-state index in [1.807, 2.05) is 6.92 Å². The maximum atomic E-state index is 13.7. The number of carbonyl (C=O) groups is 5. The second kappa shape index (κ2) is 13.9. The van der Waals surface area contributed by atoms with E-state index in [-0.39, 0.29) is 17.9 Å². The average Bonchev–Trinajstić information content (AvgIpc) is 2.77. The molecule has 12 heteroatoms. The van der Waals surface area contributed by atoms with Gasteiger partial charge in [0.05, 0.1) is 13.5 Å². The molecule has 5 N–H and O–H groups in total. The van der Waals surface area contributed by atoms with Gasteiger partial charge in [-0.25, -0.2) is 4.79 Å². The van der Waals surface area contributed by atoms with Gasteiger partial charge in [-0.3, -0.25) is 19.2 Å². The van der Waals surface area contributed by atoms with Crippen molar-refractivity contribution in [1.82, 2.24) is 15.5 Å². The van der Waals surface area contributed by atoms with Crippen LogP contribution in [0.15, 0.2) is 24.3 Å². The van der Waals surface area contributed by atoms with Crippen LogP contribution in [-0.2, 0) is 28.7 Å². The first-order valence-corrected chi connectivity index (χ1v) is 11.5. The van der Waals surface area contributed by atoms with E-state index in [4.69, 9.17) is 10.5 Å². The number of nitrogens with one attached hydrogen (secondary N) is 2. The fourth-order valence-corrected chi connectivity index (χ4v) is 3.24. The van der Waals surface area contributed by atoms with Crippen molar-refractivity contribution in [2.24, 2.45) is 5.73 Å². The Hall–Kier alpha value is -3.83. The summed E-state index contributed by atoms with van der Waals surface area (Å²) in [6, 6.07) is 2.98. The van der Waals surface area contributed by atoms with Crippen LogP contribution in [0, 0.1) is 0 Å². The van der Waals surface area contributed by atoms with Gasteiger partial charge < -0.3 is 35.8 Å². The van der Waals surface area contributed by atoms with Gasteiger partial charge in [0.15, 0.2) is 0 Å². The van der Waals surface area contributed by atoms with Crippen molar-refractivity contribution in [2.45, 2.75) is 64.6 Å². The maximum absolute atomic E-state index is 13.7. The minimum atomic E-state index is -1.43. The van der Waals surface area contributed by atoms with Crippen LogP contribution in [0.4, 0.5) is 4.79 Å². The molecule has 1 aromatic rings. The second-order valence-corrected chi connectivity index (χ2v) is 9.05. The number of rotatable bonds is 12. The summed E-state index contributed by atoms with van der Waals surface area (Å²) in [7, 11) is 1.16. The van der Waals surface area contributed by atoms with Crippen molar-refractivity contribution >= 4 is 29.8 Å². The molecule has 200 valence electrons. The van der Waals surface area contributed by atoms with E-state index in [9.17, 15) is 29.1 Å². The fourth-order valence-electron chi connectivity index (χ4n) is 3.24. The summed E-state index contributed by atoms with van der Waals surface area (Å²) < 4.78 is 9.77. The number of esters is 1. The molecule has 4 amide bonds. The summed E-state index contributed by atoms with van der Waals surface area (Å²) in [5.41, 5.74) is 4.71. The lowest BCUT2D eigenvalue weighted by molar-refractivity contribution is -0.145. The Morgan fingerprint density at radius 3 is 2.36 bits per heavy atom. The summed E-state index contributed by atoms with van der Waals surface area (Å²) in [5.74, 6) is -3.21. The number of unbranched alkanes of at least 4 members (excludes halogenated alkanes) is 1. The van der Waals surface area contributed by atoms with Crippen LogP contribution in [0.2, 0.25) is 0 Å². The summed E-state index contributed by atoms with van der Waals surface area (Å²) >= 11 is 0. The van der Waals surface area contributed by atoms with Crippen molar-refractivity contribution in [3.8, 4) is 5.75 Å². The highest BCUT2D eigenvalue weighted by Crippen LogP contribution is 2.26. The number of methoxy groups -OCH3 is 1. The first kappa shape index (κ1) is 30.2. The summed E-state index contributed by atoms with van der Waals surface area (Å²) in [4.78, 5) is 63.9. The van der Waals surface area contributed by atoms with Crippen LogP contribution in [0.1, 0.15) is 58.6 Å². The van der Waals surface area contributed by atoms with Crippen molar-refractivity contribution in [3.05, 3.63) is 29.8 Å². The molecular formula is C24H36N4O8. The first-order valence-electron chi connectivity index (χ1n) is 11.5. The number of aromatic hydroxyl groups is 1. The largest absolute Gasteiger partial charge is 0.508 e. The lowest BCUT2D eigenvalue weighted by atomic mass is 10.0. The predicted molar refractivity (Wildman–Crippen MR) is 129 cm³/mol. The molecule has 0 aliphatic heterocycles. The van der Waals surface area contributed by atoms with Gasteiger partial charge in [-0.15, -0.1) is 0 Å². The molecule has 1 rings (SSSR count). The molecule has 0 radical (unpaired) electrons. The van der Waals surface area contributed by atoms with E-state index in [2.05, 4.69) is 15.4 Å². The zero-order chi connectivity index (χ0) is 27.5. The van der Waals surface area contributed by atoms with E-state index in [1.165, 1.54) is 29.2 Å². The molecule has 0 saturated heterocycles. The summed E-state index contributed by atoms with van der Waals surface area (Å²) in [5, 5.41) is 14.8. The molecule has 0 aromatic heterocycles. The zero-order valence-electron chi connectivity index (χ0n) is 21.3. The van der Waals surface area contributed by atoms with E-state index in [0.29, 0.717) is 12.8 Å². The van der Waals surface area contributed by atoms with E-state index >= 15 is 0 Å². The Labute approximate surface area is 210 Å². The second-order valence-electron chi connectivity index (χ2n) is 9.05. The van der Waals surface area contributed by atoms with Gasteiger partial charge in [-0.1, -0.05) is 25.5 Å². The van der Waals surface area contributed by atoms with E-state index in [0.717, 1.165) is 7.11 Å². The van der Waals surface area contributed by atoms with Gasteiger partial charge in [0, 0.05) is 6.54 Å². The molecule has 2 atom stereocenters.